The van der Waals surface area contributed by atoms with Gasteiger partial charge in [-0.25, -0.2) is 28.3 Å². The van der Waals surface area contributed by atoms with E-state index >= 15 is 0 Å². The fourth-order valence-electron chi connectivity index (χ4n) is 3.48. The monoisotopic (exact) mass is 546 g/mol. The van der Waals surface area contributed by atoms with Gasteiger partial charge in [-0.05, 0) is 48.0 Å². The molecule has 4 rings (SSSR count). The van der Waals surface area contributed by atoms with Gasteiger partial charge in [0.05, 0.1) is 15.7 Å². The maximum atomic E-state index is 13.8. The molecule has 2 heterocycles. The van der Waals surface area contributed by atoms with Gasteiger partial charge in [0.25, 0.3) is 0 Å². The van der Waals surface area contributed by atoms with Crippen molar-refractivity contribution in [1.29, 1.82) is 0 Å². The first-order chi connectivity index (χ1) is 17.6. The van der Waals surface area contributed by atoms with E-state index in [1.165, 1.54) is 41.6 Å². The normalized spacial score (nSPS) is 12.1. The number of amides is 3. The highest BCUT2D eigenvalue weighted by atomic mass is 32.2. The lowest BCUT2D eigenvalue weighted by Crippen LogP contribution is -2.53. The van der Waals surface area contributed by atoms with Crippen LogP contribution < -0.4 is 19.7 Å². The molecule has 1 atom stereocenters. The number of nitrogens with one attached hydrogen (secondary N) is 3. The summed E-state index contributed by atoms with van der Waals surface area (Å²) in [7, 11) is -2.96. The standard InChI is InChI=1S/C23H20F2N6O4S2/c1-31(17-5-6-20-18(12-17)27-13-36-20)22(32)19(10-14-8-15(24)11-16(25)9-14)28-23(33)30-37(34,35)29-21-4-2-3-7-26-21/h2-9,11-13,19H,10H2,1H3,(H,26,29)(H2,28,30,33). The van der Waals surface area contributed by atoms with E-state index in [4.69, 9.17) is 0 Å². The maximum absolute atomic E-state index is 13.8. The zero-order valence-electron chi connectivity index (χ0n) is 19.2. The van der Waals surface area contributed by atoms with Gasteiger partial charge in [0.15, 0.2) is 0 Å². The van der Waals surface area contributed by atoms with Crippen LogP contribution in [0, 0.1) is 11.6 Å². The highest BCUT2D eigenvalue weighted by molar-refractivity contribution is 7.91. The number of hydrogen-bond donors (Lipinski definition) is 3. The molecule has 192 valence electrons. The molecule has 0 fully saturated rings. The molecule has 0 spiro atoms. The third kappa shape index (κ3) is 6.74. The van der Waals surface area contributed by atoms with Gasteiger partial charge in [-0.15, -0.1) is 11.3 Å². The molecule has 0 aliphatic carbocycles. The van der Waals surface area contributed by atoms with Crippen LogP contribution in [0.15, 0.2) is 66.3 Å². The van der Waals surface area contributed by atoms with Crippen LogP contribution in [-0.4, -0.2) is 43.4 Å². The molecule has 0 aliphatic rings. The number of thiazole rings is 1. The SMILES string of the molecule is CN(C(=O)C(Cc1cc(F)cc(F)c1)NC(=O)NS(=O)(=O)Nc1ccccn1)c1ccc2scnc2c1. The molecule has 1 unspecified atom stereocenters. The Morgan fingerprint density at radius 3 is 2.51 bits per heavy atom. The number of urea groups is 1. The second-order valence-corrected chi connectivity index (χ2v) is 10.1. The molecule has 0 bridgehead atoms. The second-order valence-electron chi connectivity index (χ2n) is 7.83. The smallest absolute Gasteiger partial charge is 0.325 e. The van der Waals surface area contributed by atoms with Crippen molar-refractivity contribution in [2.24, 2.45) is 0 Å². The summed E-state index contributed by atoms with van der Waals surface area (Å²) in [5.74, 6) is -2.43. The quantitative estimate of drug-likeness (QED) is 0.311. The first kappa shape index (κ1) is 25.9. The topological polar surface area (TPSA) is 133 Å². The molecule has 0 saturated heterocycles. The van der Waals surface area contributed by atoms with Crippen molar-refractivity contribution in [3.63, 3.8) is 0 Å². The van der Waals surface area contributed by atoms with Crippen molar-refractivity contribution < 1.29 is 26.8 Å². The van der Waals surface area contributed by atoms with Crippen LogP contribution >= 0.6 is 11.3 Å². The Bertz CT molecular complexity index is 1530. The van der Waals surface area contributed by atoms with Crippen LogP contribution in [0.5, 0.6) is 0 Å². The first-order valence-corrected chi connectivity index (χ1v) is 13.0. The third-order valence-electron chi connectivity index (χ3n) is 5.13. The lowest BCUT2D eigenvalue weighted by atomic mass is 10.0. The first-order valence-electron chi connectivity index (χ1n) is 10.7. The molecule has 37 heavy (non-hydrogen) atoms. The van der Waals surface area contributed by atoms with Crippen LogP contribution in [0.2, 0.25) is 0 Å². The van der Waals surface area contributed by atoms with Crippen molar-refractivity contribution in [1.82, 2.24) is 20.0 Å². The zero-order chi connectivity index (χ0) is 26.6. The van der Waals surface area contributed by atoms with E-state index in [-0.39, 0.29) is 17.8 Å². The van der Waals surface area contributed by atoms with E-state index in [1.54, 1.807) is 34.5 Å². The largest absolute Gasteiger partial charge is 0.330 e. The van der Waals surface area contributed by atoms with Crippen LogP contribution in [0.4, 0.5) is 25.1 Å². The average Bonchev–Trinajstić information content (AvgIpc) is 3.30. The summed E-state index contributed by atoms with van der Waals surface area (Å²) >= 11 is 1.42. The number of hydrogen-bond acceptors (Lipinski definition) is 7. The van der Waals surface area contributed by atoms with Gasteiger partial charge in [-0.2, -0.15) is 8.42 Å². The van der Waals surface area contributed by atoms with Gasteiger partial charge in [-0.3, -0.25) is 9.52 Å². The number of anilines is 2. The predicted molar refractivity (Wildman–Crippen MR) is 135 cm³/mol. The fraction of sp³-hybridized carbons (Fsp3) is 0.130. The highest BCUT2D eigenvalue weighted by Gasteiger charge is 2.27. The highest BCUT2D eigenvalue weighted by Crippen LogP contribution is 2.24. The number of halogens is 2. The number of rotatable bonds is 8. The van der Waals surface area contributed by atoms with Crippen molar-refractivity contribution >= 4 is 55.2 Å². The minimum atomic E-state index is -4.41. The summed E-state index contributed by atoms with van der Waals surface area (Å²) in [6.07, 6.45) is 1.03. The predicted octanol–water partition coefficient (Wildman–Crippen LogP) is 3.20. The van der Waals surface area contributed by atoms with E-state index in [2.05, 4.69) is 20.0 Å². The van der Waals surface area contributed by atoms with E-state index in [0.717, 1.165) is 16.8 Å². The van der Waals surface area contributed by atoms with Gasteiger partial charge >= 0.3 is 16.2 Å². The van der Waals surface area contributed by atoms with Crippen LogP contribution in [0.1, 0.15) is 5.56 Å². The summed E-state index contributed by atoms with van der Waals surface area (Å²) in [5, 5.41) is 2.29. The molecule has 2 aromatic heterocycles. The Labute approximate surface area is 214 Å². The molecule has 0 radical (unpaired) electrons. The molecule has 3 amide bonds. The maximum Gasteiger partial charge on any atom is 0.330 e. The van der Waals surface area contributed by atoms with Gasteiger partial charge in [0, 0.05) is 31.4 Å². The van der Waals surface area contributed by atoms with E-state index in [9.17, 15) is 26.8 Å². The number of pyridine rings is 1. The van der Waals surface area contributed by atoms with Crippen molar-refractivity contribution in [3.05, 3.63) is 83.5 Å². The van der Waals surface area contributed by atoms with Crippen LogP contribution in [-0.2, 0) is 21.4 Å². The number of carbonyl (C=O) groups excluding carboxylic acids is 2. The van der Waals surface area contributed by atoms with Crippen LogP contribution in [0.25, 0.3) is 10.2 Å². The fourth-order valence-corrected chi connectivity index (χ4v) is 4.89. The zero-order valence-corrected chi connectivity index (χ0v) is 20.8. The molecule has 4 aromatic rings. The van der Waals surface area contributed by atoms with E-state index in [0.29, 0.717) is 17.3 Å². The summed E-state index contributed by atoms with van der Waals surface area (Å²) < 4.78 is 56.9. The van der Waals surface area contributed by atoms with E-state index < -0.39 is 39.8 Å². The number of likely N-dealkylation sites (N-methyl/N-ethyl adjacent to an activating group) is 1. The Hall–Kier alpha value is -4.17. The lowest BCUT2D eigenvalue weighted by Gasteiger charge is -2.25. The number of nitrogens with zero attached hydrogens (tertiary/aromatic N) is 3. The molecule has 3 N–H and O–H groups in total. The Balaban J connectivity index is 1.55. The minimum Gasteiger partial charge on any atom is -0.325 e. The second kappa shape index (κ2) is 10.8. The summed E-state index contributed by atoms with van der Waals surface area (Å²) in [6, 6.07) is 9.70. The average molecular weight is 547 g/mol. The van der Waals surface area contributed by atoms with Gasteiger partial charge in [-0.1, -0.05) is 6.07 Å². The third-order valence-corrected chi connectivity index (χ3v) is 6.87. The molecular formula is C23H20F2N6O4S2. The molecule has 14 heteroatoms. The molecule has 10 nitrogen and oxygen atoms in total. The Kier molecular flexibility index (Phi) is 7.59. The minimum absolute atomic E-state index is 0.0390. The number of carbonyl (C=O) groups is 2. The van der Waals surface area contributed by atoms with Crippen molar-refractivity contribution in [2.45, 2.75) is 12.5 Å². The molecular weight excluding hydrogens is 526 g/mol. The summed E-state index contributed by atoms with van der Waals surface area (Å²) in [4.78, 5) is 35.2. The number of benzene rings is 2. The molecule has 0 aliphatic heterocycles. The lowest BCUT2D eigenvalue weighted by molar-refractivity contribution is -0.120. The Morgan fingerprint density at radius 2 is 1.81 bits per heavy atom. The summed E-state index contributed by atoms with van der Waals surface area (Å²) in [5.41, 5.74) is 2.84. The van der Waals surface area contributed by atoms with Gasteiger partial charge in [0.1, 0.15) is 23.5 Å². The van der Waals surface area contributed by atoms with E-state index in [1.807, 2.05) is 0 Å². The van der Waals surface area contributed by atoms with Gasteiger partial charge < -0.3 is 10.2 Å². The van der Waals surface area contributed by atoms with Gasteiger partial charge in [0.2, 0.25) is 5.91 Å². The molecule has 0 saturated carbocycles. The summed E-state index contributed by atoms with van der Waals surface area (Å²) in [6.45, 7) is 0. The van der Waals surface area contributed by atoms with Crippen molar-refractivity contribution in [2.75, 3.05) is 16.7 Å². The van der Waals surface area contributed by atoms with Crippen LogP contribution in [0.3, 0.4) is 0 Å². The molecule has 2 aromatic carbocycles. The van der Waals surface area contributed by atoms with Crippen molar-refractivity contribution in [3.8, 4) is 0 Å². The number of aromatic nitrogens is 2. The number of fused-ring (bicyclic) bond motifs is 1. The Morgan fingerprint density at radius 1 is 1.05 bits per heavy atom.